The maximum atomic E-state index is 12.2. The van der Waals surface area contributed by atoms with Gasteiger partial charge in [0.1, 0.15) is 0 Å². The zero-order valence-electron chi connectivity index (χ0n) is 12.2. The first-order valence-electron chi connectivity index (χ1n) is 7.32. The van der Waals surface area contributed by atoms with Crippen molar-refractivity contribution in [3.05, 3.63) is 0 Å². The molecule has 0 unspecified atom stereocenters. The van der Waals surface area contributed by atoms with E-state index in [2.05, 4.69) is 5.32 Å². The van der Waals surface area contributed by atoms with Crippen molar-refractivity contribution in [3.63, 3.8) is 0 Å². The van der Waals surface area contributed by atoms with Gasteiger partial charge in [-0.25, -0.2) is 0 Å². The van der Waals surface area contributed by atoms with Gasteiger partial charge in [0.15, 0.2) is 0 Å². The highest BCUT2D eigenvalue weighted by molar-refractivity contribution is 5.85. The van der Waals surface area contributed by atoms with Gasteiger partial charge in [0.2, 0.25) is 11.8 Å². The fourth-order valence-corrected chi connectivity index (χ4v) is 2.27. The molecule has 1 rings (SSSR count). The van der Waals surface area contributed by atoms with E-state index in [-0.39, 0.29) is 12.5 Å². The molecule has 0 aromatic rings. The third-order valence-corrected chi connectivity index (χ3v) is 4.09. The van der Waals surface area contributed by atoms with Gasteiger partial charge >= 0.3 is 0 Å². The molecular formula is C14H27N3O2. The molecule has 3 N–H and O–H groups in total. The van der Waals surface area contributed by atoms with Crippen molar-refractivity contribution < 1.29 is 9.59 Å². The Balaban J connectivity index is 2.46. The van der Waals surface area contributed by atoms with Crippen molar-refractivity contribution in [1.29, 1.82) is 0 Å². The summed E-state index contributed by atoms with van der Waals surface area (Å²) in [6.45, 7) is 5.49. The predicted molar refractivity (Wildman–Crippen MR) is 75.6 cm³/mol. The third kappa shape index (κ3) is 4.82. The summed E-state index contributed by atoms with van der Waals surface area (Å²) < 4.78 is 0. The van der Waals surface area contributed by atoms with Crippen LogP contribution in [-0.4, -0.2) is 41.9 Å². The van der Waals surface area contributed by atoms with Gasteiger partial charge < -0.3 is 10.6 Å². The largest absolute Gasteiger partial charge is 0.368 e. The van der Waals surface area contributed by atoms with Crippen LogP contribution in [0.15, 0.2) is 0 Å². The Bertz CT molecular complexity index is 312. The van der Waals surface area contributed by atoms with Gasteiger partial charge in [-0.1, -0.05) is 26.2 Å². The summed E-state index contributed by atoms with van der Waals surface area (Å²) in [5.74, 6) is -0.335. The molecule has 5 heteroatoms. The number of carbonyl (C=O) groups is 2. The number of amides is 2. The fraction of sp³-hybridized carbons (Fsp3) is 0.857. The van der Waals surface area contributed by atoms with Crippen LogP contribution >= 0.6 is 0 Å². The Labute approximate surface area is 115 Å². The summed E-state index contributed by atoms with van der Waals surface area (Å²) in [5.41, 5.74) is 4.57. The number of hydrogen-bond acceptors (Lipinski definition) is 3. The van der Waals surface area contributed by atoms with E-state index < -0.39 is 11.4 Å². The molecule has 110 valence electrons. The van der Waals surface area contributed by atoms with Crippen molar-refractivity contribution in [2.75, 3.05) is 19.6 Å². The predicted octanol–water partition coefficient (Wildman–Crippen LogP) is 1.02. The molecule has 0 spiro atoms. The van der Waals surface area contributed by atoms with Gasteiger partial charge in [-0.2, -0.15) is 0 Å². The third-order valence-electron chi connectivity index (χ3n) is 4.09. The maximum Gasteiger partial charge on any atom is 0.237 e. The number of hydrogen-bond donors (Lipinski definition) is 2. The van der Waals surface area contributed by atoms with Crippen molar-refractivity contribution in [2.24, 2.45) is 5.73 Å². The Morgan fingerprint density at radius 3 is 2.16 bits per heavy atom. The molecule has 1 atom stereocenters. The minimum absolute atomic E-state index is 0.0721. The normalized spacial score (nSPS) is 20.2. The lowest BCUT2D eigenvalue weighted by atomic mass is 9.98. The minimum atomic E-state index is -0.793. The second kappa shape index (κ2) is 7.48. The van der Waals surface area contributed by atoms with E-state index in [4.69, 9.17) is 5.73 Å². The average Bonchev–Trinajstić information content (AvgIpc) is 2.35. The highest BCUT2D eigenvalue weighted by atomic mass is 16.2. The second-order valence-electron chi connectivity index (χ2n) is 5.55. The number of carbonyl (C=O) groups excluding carboxylic acids is 2. The van der Waals surface area contributed by atoms with Crippen molar-refractivity contribution in [1.82, 2.24) is 10.2 Å². The summed E-state index contributed by atoms with van der Waals surface area (Å²) in [5, 5.41) is 3.01. The van der Waals surface area contributed by atoms with Gasteiger partial charge in [0, 0.05) is 13.1 Å². The first-order valence-corrected chi connectivity index (χ1v) is 7.32. The molecule has 1 fully saturated rings. The molecule has 1 aliphatic heterocycles. The Morgan fingerprint density at radius 1 is 1.16 bits per heavy atom. The Kier molecular flexibility index (Phi) is 6.28. The van der Waals surface area contributed by atoms with Crippen LogP contribution < -0.4 is 11.1 Å². The van der Waals surface area contributed by atoms with Gasteiger partial charge in [-0.3, -0.25) is 14.9 Å². The smallest absolute Gasteiger partial charge is 0.237 e. The zero-order chi connectivity index (χ0) is 14.3. The lowest BCUT2D eigenvalue weighted by Crippen LogP contribution is -2.55. The second-order valence-corrected chi connectivity index (χ2v) is 5.55. The first kappa shape index (κ1) is 16.0. The lowest BCUT2D eigenvalue weighted by molar-refractivity contribution is -0.131. The summed E-state index contributed by atoms with van der Waals surface area (Å²) >= 11 is 0. The molecule has 0 aromatic heterocycles. The molecule has 0 bridgehead atoms. The molecule has 2 amide bonds. The highest BCUT2D eigenvalue weighted by Gasteiger charge is 2.29. The molecule has 5 nitrogen and oxygen atoms in total. The summed E-state index contributed by atoms with van der Waals surface area (Å²) in [6.07, 6.45) is 6.40. The van der Waals surface area contributed by atoms with Crippen LogP contribution in [0.3, 0.4) is 0 Å². The number of nitrogens with two attached hydrogens (primary N) is 1. The van der Waals surface area contributed by atoms with E-state index in [0.717, 1.165) is 25.9 Å². The molecule has 0 aromatic carbocycles. The standard InChI is InChI=1S/C14H27N3O2/c1-3-14(2,13(15)19)16-11-12(18)17-9-7-5-4-6-8-10-17/h16H,3-11H2,1-2H3,(H2,15,19)/t14-/m0/s1. The fourth-order valence-electron chi connectivity index (χ4n) is 2.27. The van der Waals surface area contributed by atoms with Gasteiger partial charge in [-0.15, -0.1) is 0 Å². The first-order chi connectivity index (χ1) is 8.99. The summed E-state index contributed by atoms with van der Waals surface area (Å²) in [7, 11) is 0. The van der Waals surface area contributed by atoms with E-state index in [1.165, 1.54) is 19.3 Å². The summed E-state index contributed by atoms with van der Waals surface area (Å²) in [6, 6.07) is 0. The van der Waals surface area contributed by atoms with Crippen molar-refractivity contribution in [2.45, 2.75) is 57.9 Å². The van der Waals surface area contributed by atoms with Crippen LogP contribution in [0, 0.1) is 0 Å². The number of primary amides is 1. The Hall–Kier alpha value is -1.10. The van der Waals surface area contributed by atoms with Crippen LogP contribution in [-0.2, 0) is 9.59 Å². The molecular weight excluding hydrogens is 242 g/mol. The van der Waals surface area contributed by atoms with Crippen LogP contribution in [0.1, 0.15) is 52.4 Å². The summed E-state index contributed by atoms with van der Waals surface area (Å²) in [4.78, 5) is 25.4. The van der Waals surface area contributed by atoms with Crippen molar-refractivity contribution in [3.8, 4) is 0 Å². The van der Waals surface area contributed by atoms with E-state index >= 15 is 0 Å². The number of nitrogens with one attached hydrogen (secondary N) is 1. The quantitative estimate of drug-likeness (QED) is 0.782. The maximum absolute atomic E-state index is 12.2. The Morgan fingerprint density at radius 2 is 1.68 bits per heavy atom. The van der Waals surface area contributed by atoms with Crippen LogP contribution in [0.4, 0.5) is 0 Å². The van der Waals surface area contributed by atoms with E-state index in [0.29, 0.717) is 6.42 Å². The van der Waals surface area contributed by atoms with Gasteiger partial charge in [0.05, 0.1) is 12.1 Å². The van der Waals surface area contributed by atoms with Crippen molar-refractivity contribution >= 4 is 11.8 Å². The molecule has 0 aliphatic carbocycles. The molecule has 0 saturated carbocycles. The van der Waals surface area contributed by atoms with Crippen LogP contribution in [0.2, 0.25) is 0 Å². The molecule has 1 saturated heterocycles. The lowest BCUT2D eigenvalue weighted by Gasteiger charge is -2.29. The number of nitrogens with zero attached hydrogens (tertiary/aromatic N) is 1. The van der Waals surface area contributed by atoms with E-state index in [1.807, 2.05) is 11.8 Å². The topological polar surface area (TPSA) is 75.4 Å². The minimum Gasteiger partial charge on any atom is -0.368 e. The highest BCUT2D eigenvalue weighted by Crippen LogP contribution is 2.11. The monoisotopic (exact) mass is 269 g/mol. The number of likely N-dealkylation sites (tertiary alicyclic amines) is 1. The number of rotatable bonds is 5. The zero-order valence-corrected chi connectivity index (χ0v) is 12.2. The van der Waals surface area contributed by atoms with E-state index in [9.17, 15) is 9.59 Å². The van der Waals surface area contributed by atoms with Crippen LogP contribution in [0.5, 0.6) is 0 Å². The van der Waals surface area contributed by atoms with Gasteiger partial charge in [0.25, 0.3) is 0 Å². The van der Waals surface area contributed by atoms with Gasteiger partial charge in [-0.05, 0) is 26.2 Å². The van der Waals surface area contributed by atoms with E-state index in [1.54, 1.807) is 6.92 Å². The molecule has 1 heterocycles. The van der Waals surface area contributed by atoms with Crippen LogP contribution in [0.25, 0.3) is 0 Å². The molecule has 1 aliphatic rings. The molecule has 0 radical (unpaired) electrons. The molecule has 19 heavy (non-hydrogen) atoms. The SMILES string of the molecule is CC[C@](C)(NCC(=O)N1CCCCCCC1)C(N)=O. The average molecular weight is 269 g/mol.